The lowest BCUT2D eigenvalue weighted by molar-refractivity contribution is -0.123. The molecule has 1 aliphatic heterocycles. The van der Waals surface area contributed by atoms with Crippen LogP contribution >= 0.6 is 0 Å². The lowest BCUT2D eigenvalue weighted by Crippen LogP contribution is -2.33. The van der Waals surface area contributed by atoms with Gasteiger partial charge in [-0.25, -0.2) is 4.90 Å². The number of aromatic nitrogens is 2. The zero-order chi connectivity index (χ0) is 17.1. The summed E-state index contributed by atoms with van der Waals surface area (Å²) in [6.45, 7) is 2.69. The van der Waals surface area contributed by atoms with Crippen LogP contribution in [0.1, 0.15) is 17.5 Å². The van der Waals surface area contributed by atoms with E-state index in [4.69, 9.17) is 0 Å². The molecule has 4 atom stereocenters. The first-order valence-corrected chi connectivity index (χ1v) is 8.77. The number of nitrogens with zero attached hydrogens (tertiary/aromatic N) is 3. The van der Waals surface area contributed by atoms with Crippen LogP contribution in [-0.2, 0) is 16.1 Å². The second kappa shape index (κ2) is 5.15. The normalized spacial score (nSPS) is 29.7. The number of hydrogen-bond donors (Lipinski definition) is 0. The van der Waals surface area contributed by atoms with Crippen LogP contribution in [-0.4, -0.2) is 21.6 Å². The van der Waals surface area contributed by atoms with E-state index in [1.165, 1.54) is 16.0 Å². The summed E-state index contributed by atoms with van der Waals surface area (Å²) in [6, 6.07) is 9.92. The molecule has 2 amide bonds. The van der Waals surface area contributed by atoms with Crippen LogP contribution in [0.5, 0.6) is 0 Å². The molecule has 5 heteroatoms. The number of aryl methyl sites for hydroxylation is 1. The maximum atomic E-state index is 12.8. The Hall–Kier alpha value is -2.69. The quantitative estimate of drug-likeness (QED) is 0.641. The molecular weight excluding hydrogens is 314 g/mol. The zero-order valence-corrected chi connectivity index (χ0v) is 14.0. The van der Waals surface area contributed by atoms with Crippen LogP contribution in [0.15, 0.2) is 48.7 Å². The minimum atomic E-state index is -0.177. The minimum absolute atomic E-state index is 0.0759. The third kappa shape index (κ3) is 2.05. The molecule has 1 saturated heterocycles. The molecule has 2 heterocycles. The highest BCUT2D eigenvalue weighted by Gasteiger charge is 2.59. The fraction of sp³-hybridized carbons (Fsp3) is 0.350. The number of amides is 2. The van der Waals surface area contributed by atoms with Crippen molar-refractivity contribution in [2.75, 3.05) is 4.90 Å². The molecule has 1 aromatic carbocycles. The van der Waals surface area contributed by atoms with E-state index >= 15 is 0 Å². The lowest BCUT2D eigenvalue weighted by Gasteiger charge is -2.14. The van der Waals surface area contributed by atoms with Crippen LogP contribution in [0, 0.1) is 30.6 Å². The Bertz CT molecular complexity index is 883. The molecule has 5 rings (SSSR count). The molecule has 2 bridgehead atoms. The average molecular weight is 333 g/mol. The highest BCUT2D eigenvalue weighted by atomic mass is 16.2. The number of benzene rings is 1. The molecule has 2 aromatic rings. The Kier molecular flexibility index (Phi) is 3.02. The standard InChI is InChI=1S/C20H19N3O2/c1-12-4-2-3-5-15(12)11-22-9-8-16(21-22)23-19(24)17-13-6-7-14(10-13)18(17)20(23)25/h2-9,13-14,17-18H,10-11H2,1H3/t13-,14-,17-,18-/m0/s1. The van der Waals surface area contributed by atoms with Crippen molar-refractivity contribution in [1.29, 1.82) is 0 Å². The van der Waals surface area contributed by atoms with Gasteiger partial charge in [-0.2, -0.15) is 5.10 Å². The molecule has 25 heavy (non-hydrogen) atoms. The predicted molar refractivity (Wildman–Crippen MR) is 92.7 cm³/mol. The van der Waals surface area contributed by atoms with Gasteiger partial charge in [-0.15, -0.1) is 0 Å². The Morgan fingerprint density at radius 1 is 1.04 bits per heavy atom. The summed E-state index contributed by atoms with van der Waals surface area (Å²) in [6.07, 6.45) is 7.00. The van der Waals surface area contributed by atoms with E-state index < -0.39 is 0 Å². The maximum Gasteiger partial charge on any atom is 0.239 e. The summed E-state index contributed by atoms with van der Waals surface area (Å²) >= 11 is 0. The van der Waals surface area contributed by atoms with Crippen molar-refractivity contribution in [2.24, 2.45) is 23.7 Å². The summed E-state index contributed by atoms with van der Waals surface area (Å²) in [5.74, 6) is 0.405. The summed E-state index contributed by atoms with van der Waals surface area (Å²) in [7, 11) is 0. The van der Waals surface area contributed by atoms with Gasteiger partial charge in [-0.05, 0) is 36.3 Å². The number of imide groups is 1. The van der Waals surface area contributed by atoms with Gasteiger partial charge in [-0.1, -0.05) is 36.4 Å². The highest BCUT2D eigenvalue weighted by molar-refractivity contribution is 6.22. The molecule has 1 aromatic heterocycles. The molecule has 0 spiro atoms. The van der Waals surface area contributed by atoms with Crippen LogP contribution < -0.4 is 4.90 Å². The molecule has 5 nitrogen and oxygen atoms in total. The average Bonchev–Trinajstić information content (AvgIpc) is 3.35. The van der Waals surface area contributed by atoms with Crippen LogP contribution in [0.4, 0.5) is 5.82 Å². The molecule has 2 fully saturated rings. The van der Waals surface area contributed by atoms with Gasteiger partial charge in [-0.3, -0.25) is 14.3 Å². The SMILES string of the molecule is Cc1ccccc1Cn1ccc(N2C(=O)[C@@H]3[C@@H](C2=O)[C@H]2C=C[C@H]3C2)n1. The van der Waals surface area contributed by atoms with E-state index in [2.05, 4.69) is 36.3 Å². The third-order valence-electron chi connectivity index (χ3n) is 5.92. The molecule has 1 saturated carbocycles. The lowest BCUT2D eigenvalue weighted by atomic mass is 9.85. The molecular formula is C20H19N3O2. The fourth-order valence-electron chi connectivity index (χ4n) is 4.65. The van der Waals surface area contributed by atoms with E-state index in [9.17, 15) is 9.59 Å². The Labute approximate surface area is 145 Å². The summed E-state index contributed by atoms with van der Waals surface area (Å²) in [4.78, 5) is 27.0. The molecule has 0 unspecified atom stereocenters. The molecule has 2 aliphatic carbocycles. The minimum Gasteiger partial charge on any atom is -0.274 e. The first-order valence-electron chi connectivity index (χ1n) is 8.77. The summed E-state index contributed by atoms with van der Waals surface area (Å²) in [5.41, 5.74) is 2.38. The largest absolute Gasteiger partial charge is 0.274 e. The molecule has 126 valence electrons. The first-order chi connectivity index (χ1) is 12.1. The van der Waals surface area contributed by atoms with Crippen LogP contribution in [0.25, 0.3) is 0 Å². The Balaban J connectivity index is 1.42. The van der Waals surface area contributed by atoms with E-state index in [1.54, 1.807) is 10.7 Å². The van der Waals surface area contributed by atoms with Gasteiger partial charge in [0.15, 0.2) is 5.82 Å². The number of fused-ring (bicyclic) bond motifs is 5. The van der Waals surface area contributed by atoms with Gasteiger partial charge in [0.25, 0.3) is 0 Å². The number of anilines is 1. The van der Waals surface area contributed by atoms with Crippen molar-refractivity contribution in [3.63, 3.8) is 0 Å². The van der Waals surface area contributed by atoms with Crippen LogP contribution in [0.3, 0.4) is 0 Å². The van der Waals surface area contributed by atoms with Crippen molar-refractivity contribution < 1.29 is 9.59 Å². The Morgan fingerprint density at radius 2 is 1.72 bits per heavy atom. The third-order valence-corrected chi connectivity index (χ3v) is 5.92. The van der Waals surface area contributed by atoms with Crippen molar-refractivity contribution >= 4 is 17.6 Å². The van der Waals surface area contributed by atoms with Gasteiger partial charge in [0, 0.05) is 12.3 Å². The monoisotopic (exact) mass is 333 g/mol. The second-order valence-corrected chi connectivity index (χ2v) is 7.31. The topological polar surface area (TPSA) is 55.2 Å². The molecule has 3 aliphatic rings. The number of hydrogen-bond acceptors (Lipinski definition) is 3. The van der Waals surface area contributed by atoms with Gasteiger partial charge in [0.05, 0.1) is 18.4 Å². The number of allylic oxidation sites excluding steroid dienone is 2. The fourth-order valence-corrected chi connectivity index (χ4v) is 4.65. The maximum absolute atomic E-state index is 12.8. The number of carbonyl (C=O) groups excluding carboxylic acids is 2. The van der Waals surface area contributed by atoms with Gasteiger partial charge in [0.2, 0.25) is 11.8 Å². The van der Waals surface area contributed by atoms with Gasteiger partial charge >= 0.3 is 0 Å². The molecule has 0 radical (unpaired) electrons. The van der Waals surface area contributed by atoms with Crippen molar-refractivity contribution in [3.05, 3.63) is 59.8 Å². The van der Waals surface area contributed by atoms with E-state index in [0.717, 1.165) is 6.42 Å². The Morgan fingerprint density at radius 3 is 2.40 bits per heavy atom. The van der Waals surface area contributed by atoms with Crippen LogP contribution in [0.2, 0.25) is 0 Å². The van der Waals surface area contributed by atoms with Crippen molar-refractivity contribution in [1.82, 2.24) is 9.78 Å². The van der Waals surface area contributed by atoms with E-state index in [1.807, 2.05) is 18.3 Å². The second-order valence-electron chi connectivity index (χ2n) is 7.31. The highest BCUT2D eigenvalue weighted by Crippen LogP contribution is 2.53. The number of rotatable bonds is 3. The predicted octanol–water partition coefficient (Wildman–Crippen LogP) is 2.55. The molecule has 0 N–H and O–H groups in total. The van der Waals surface area contributed by atoms with Crippen molar-refractivity contribution in [2.45, 2.75) is 19.9 Å². The summed E-state index contributed by atoms with van der Waals surface area (Å²) in [5, 5.41) is 4.51. The first kappa shape index (κ1) is 14.6. The van der Waals surface area contributed by atoms with E-state index in [-0.39, 0.29) is 35.5 Å². The smallest absolute Gasteiger partial charge is 0.239 e. The van der Waals surface area contributed by atoms with Gasteiger partial charge in [0.1, 0.15) is 0 Å². The number of carbonyl (C=O) groups is 2. The summed E-state index contributed by atoms with van der Waals surface area (Å²) < 4.78 is 1.79. The van der Waals surface area contributed by atoms with Crippen molar-refractivity contribution in [3.8, 4) is 0 Å². The van der Waals surface area contributed by atoms with Gasteiger partial charge < -0.3 is 0 Å². The van der Waals surface area contributed by atoms with E-state index in [0.29, 0.717) is 12.4 Å². The zero-order valence-electron chi connectivity index (χ0n) is 14.0.